The van der Waals surface area contributed by atoms with Crippen LogP contribution in [0, 0.1) is 6.92 Å². The second-order valence-electron chi connectivity index (χ2n) is 6.63. The van der Waals surface area contributed by atoms with Crippen molar-refractivity contribution in [1.29, 1.82) is 0 Å². The summed E-state index contributed by atoms with van der Waals surface area (Å²) in [5, 5.41) is 0.715. The zero-order chi connectivity index (χ0) is 19.4. The lowest BCUT2D eigenvalue weighted by atomic mass is 10.2. The number of thioether (sulfide) groups is 1. The number of nitrogens with zero attached hydrogens (tertiary/aromatic N) is 2. The van der Waals surface area contributed by atoms with Gasteiger partial charge in [-0.3, -0.25) is 9.69 Å². The van der Waals surface area contributed by atoms with Crippen LogP contribution in [-0.4, -0.2) is 28.6 Å². The molecule has 27 heavy (non-hydrogen) atoms. The molecule has 0 spiro atoms. The number of amides is 1. The van der Waals surface area contributed by atoms with Gasteiger partial charge in [0.1, 0.15) is 5.75 Å². The first kappa shape index (κ1) is 19.2. The predicted octanol–water partition coefficient (Wildman–Crippen LogP) is 5.41. The molecule has 0 N–H and O–H groups in total. The Hall–Kier alpha value is -2.53. The predicted molar refractivity (Wildman–Crippen MR) is 113 cm³/mol. The summed E-state index contributed by atoms with van der Waals surface area (Å²) < 4.78 is 5.74. The van der Waals surface area contributed by atoms with Crippen LogP contribution in [0.2, 0.25) is 0 Å². The molecule has 1 amide bonds. The van der Waals surface area contributed by atoms with Crippen LogP contribution in [0.4, 0.5) is 5.69 Å². The molecular weight excluding hydrogens is 356 g/mol. The van der Waals surface area contributed by atoms with E-state index < -0.39 is 0 Å². The zero-order valence-electron chi connectivity index (χ0n) is 16.1. The number of hydrogen-bond acceptors (Lipinski definition) is 4. The molecule has 3 rings (SSSR count). The second kappa shape index (κ2) is 8.44. The van der Waals surface area contributed by atoms with Crippen LogP contribution in [0.25, 0.3) is 6.08 Å². The number of rotatable bonds is 5. The summed E-state index contributed by atoms with van der Waals surface area (Å²) in [6.07, 6.45) is 2.01. The largest absolute Gasteiger partial charge is 0.491 e. The topological polar surface area (TPSA) is 41.9 Å². The summed E-state index contributed by atoms with van der Waals surface area (Å²) in [4.78, 5) is 19.8. The molecule has 140 valence electrons. The molecule has 2 aromatic carbocycles. The van der Waals surface area contributed by atoms with Crippen LogP contribution in [0.1, 0.15) is 31.9 Å². The smallest absolute Gasteiger partial charge is 0.266 e. The van der Waals surface area contributed by atoms with E-state index >= 15 is 0 Å². The Kier molecular flexibility index (Phi) is 6.01. The van der Waals surface area contributed by atoms with E-state index in [1.165, 1.54) is 17.3 Å². The van der Waals surface area contributed by atoms with E-state index in [2.05, 4.69) is 4.99 Å². The average Bonchev–Trinajstić information content (AvgIpc) is 2.91. The molecule has 0 aromatic heterocycles. The van der Waals surface area contributed by atoms with E-state index in [0.29, 0.717) is 16.6 Å². The summed E-state index contributed by atoms with van der Waals surface area (Å²) in [6, 6.07) is 15.8. The fourth-order valence-electron chi connectivity index (χ4n) is 2.70. The number of carbonyl (C=O) groups excluding carboxylic acids is 1. The fourth-order valence-corrected chi connectivity index (χ4v) is 3.76. The van der Waals surface area contributed by atoms with Crippen molar-refractivity contribution >= 4 is 34.6 Å². The molecule has 1 aliphatic heterocycles. The van der Waals surface area contributed by atoms with Crippen molar-refractivity contribution in [3.63, 3.8) is 0 Å². The highest BCUT2D eigenvalue weighted by molar-refractivity contribution is 8.18. The van der Waals surface area contributed by atoms with E-state index in [1.807, 2.05) is 82.3 Å². The average molecular weight is 381 g/mol. The molecule has 4 nitrogen and oxygen atoms in total. The Labute approximate surface area is 164 Å². The Morgan fingerprint density at radius 1 is 1.19 bits per heavy atom. The molecule has 0 unspecified atom stereocenters. The number of benzene rings is 2. The number of amidine groups is 1. The number of aliphatic imine (C=N–C) groups is 1. The minimum absolute atomic E-state index is 0.0106. The van der Waals surface area contributed by atoms with Gasteiger partial charge in [-0.2, -0.15) is 0 Å². The molecule has 1 fully saturated rings. The molecule has 1 aliphatic rings. The summed E-state index contributed by atoms with van der Waals surface area (Å²) in [5.41, 5.74) is 2.98. The van der Waals surface area contributed by atoms with Gasteiger partial charge in [0, 0.05) is 6.54 Å². The van der Waals surface area contributed by atoms with Crippen molar-refractivity contribution < 1.29 is 9.53 Å². The zero-order valence-corrected chi connectivity index (χ0v) is 16.9. The monoisotopic (exact) mass is 380 g/mol. The number of likely N-dealkylation sites (N-methyl/N-ethyl adjacent to an activating group) is 1. The van der Waals surface area contributed by atoms with Crippen molar-refractivity contribution in [1.82, 2.24) is 4.90 Å². The maximum atomic E-state index is 12.8. The van der Waals surface area contributed by atoms with E-state index in [4.69, 9.17) is 4.74 Å². The van der Waals surface area contributed by atoms with Crippen molar-refractivity contribution in [3.05, 3.63) is 64.6 Å². The Morgan fingerprint density at radius 2 is 1.93 bits per heavy atom. The highest BCUT2D eigenvalue weighted by atomic mass is 32.2. The normalized spacial score (nSPS) is 17.4. The van der Waals surface area contributed by atoms with Crippen LogP contribution in [0.5, 0.6) is 5.75 Å². The molecule has 0 atom stereocenters. The van der Waals surface area contributed by atoms with Crippen molar-refractivity contribution in [2.24, 2.45) is 4.99 Å². The standard InChI is InChI=1S/C22H24N2O2S/c1-5-24-21(25)20(14-17-7-6-8-19(13-17)26-15(2)3)27-22(24)23-18-11-9-16(4)10-12-18/h6-15H,5H2,1-4H3/b20-14+,23-22?. The third kappa shape index (κ3) is 4.80. The van der Waals surface area contributed by atoms with Crippen LogP contribution in [0.15, 0.2) is 58.4 Å². The van der Waals surface area contributed by atoms with Gasteiger partial charge in [0.2, 0.25) is 0 Å². The number of hydrogen-bond donors (Lipinski definition) is 0. The molecule has 1 saturated heterocycles. The second-order valence-corrected chi connectivity index (χ2v) is 7.64. The van der Waals surface area contributed by atoms with Crippen LogP contribution >= 0.6 is 11.8 Å². The van der Waals surface area contributed by atoms with Crippen molar-refractivity contribution in [3.8, 4) is 5.75 Å². The van der Waals surface area contributed by atoms with Crippen molar-refractivity contribution in [2.75, 3.05) is 6.54 Å². The minimum Gasteiger partial charge on any atom is -0.491 e. The lowest BCUT2D eigenvalue weighted by Crippen LogP contribution is -2.28. The van der Waals surface area contributed by atoms with E-state index in [1.54, 1.807) is 4.90 Å². The molecule has 0 radical (unpaired) electrons. The summed E-state index contributed by atoms with van der Waals surface area (Å²) in [6.45, 7) is 8.58. The van der Waals surface area contributed by atoms with Crippen LogP contribution < -0.4 is 4.74 Å². The Balaban J connectivity index is 1.88. The van der Waals surface area contributed by atoms with Gasteiger partial charge in [0.05, 0.1) is 16.7 Å². The SMILES string of the molecule is CCN1C(=O)/C(=C\c2cccc(OC(C)C)c2)SC1=Nc1ccc(C)cc1. The lowest BCUT2D eigenvalue weighted by molar-refractivity contribution is -0.122. The van der Waals surface area contributed by atoms with Crippen molar-refractivity contribution in [2.45, 2.75) is 33.8 Å². The summed E-state index contributed by atoms with van der Waals surface area (Å²) >= 11 is 1.41. The van der Waals surface area contributed by atoms with Gasteiger partial charge in [-0.1, -0.05) is 29.8 Å². The lowest BCUT2D eigenvalue weighted by Gasteiger charge is -2.12. The molecule has 1 heterocycles. The van der Waals surface area contributed by atoms with Crippen LogP contribution in [-0.2, 0) is 4.79 Å². The molecule has 0 bridgehead atoms. The first-order valence-corrected chi connectivity index (χ1v) is 9.91. The van der Waals surface area contributed by atoms with Crippen LogP contribution in [0.3, 0.4) is 0 Å². The van der Waals surface area contributed by atoms with Gasteiger partial charge >= 0.3 is 0 Å². The third-order valence-corrected chi connectivity index (χ3v) is 5.00. The fraction of sp³-hybridized carbons (Fsp3) is 0.273. The minimum atomic E-state index is -0.0106. The van der Waals surface area contributed by atoms with Gasteiger partial charge in [0.15, 0.2) is 5.17 Å². The summed E-state index contributed by atoms with van der Waals surface area (Å²) in [7, 11) is 0. The number of aryl methyl sites for hydroxylation is 1. The van der Waals surface area contributed by atoms with Gasteiger partial charge in [-0.15, -0.1) is 0 Å². The van der Waals surface area contributed by atoms with E-state index in [9.17, 15) is 4.79 Å². The van der Waals surface area contributed by atoms with Gasteiger partial charge in [-0.25, -0.2) is 4.99 Å². The Morgan fingerprint density at radius 3 is 2.59 bits per heavy atom. The Bertz CT molecular complexity index is 885. The number of ether oxygens (including phenoxy) is 1. The maximum Gasteiger partial charge on any atom is 0.266 e. The molecule has 5 heteroatoms. The van der Waals surface area contributed by atoms with Gasteiger partial charge in [-0.05, 0) is 75.4 Å². The summed E-state index contributed by atoms with van der Waals surface area (Å²) in [5.74, 6) is 0.791. The highest BCUT2D eigenvalue weighted by Gasteiger charge is 2.32. The van der Waals surface area contributed by atoms with Gasteiger partial charge in [0.25, 0.3) is 5.91 Å². The maximum absolute atomic E-state index is 12.8. The van der Waals surface area contributed by atoms with Gasteiger partial charge < -0.3 is 4.74 Å². The number of carbonyl (C=O) groups is 1. The molecule has 2 aromatic rings. The molecule has 0 aliphatic carbocycles. The van der Waals surface area contributed by atoms with E-state index in [0.717, 1.165) is 17.0 Å². The molecule has 0 saturated carbocycles. The third-order valence-electron chi connectivity index (χ3n) is 3.99. The first-order valence-electron chi connectivity index (χ1n) is 9.09. The quantitative estimate of drug-likeness (QED) is 0.652. The first-order chi connectivity index (χ1) is 13.0. The highest BCUT2D eigenvalue weighted by Crippen LogP contribution is 2.34. The molecular formula is C22H24N2O2S. The van der Waals surface area contributed by atoms with E-state index in [-0.39, 0.29) is 12.0 Å².